The van der Waals surface area contributed by atoms with E-state index < -0.39 is 14.9 Å². The predicted molar refractivity (Wildman–Crippen MR) is 126 cm³/mol. The van der Waals surface area contributed by atoms with Crippen LogP contribution in [0.1, 0.15) is 36.8 Å². The van der Waals surface area contributed by atoms with E-state index in [0.29, 0.717) is 11.4 Å². The Morgan fingerprint density at radius 1 is 1.03 bits per heavy atom. The second-order valence-corrected chi connectivity index (χ2v) is 10.7. The molecule has 1 saturated heterocycles. The lowest BCUT2D eigenvalue weighted by Crippen LogP contribution is -2.40. The van der Waals surface area contributed by atoms with Gasteiger partial charge in [0.15, 0.2) is 0 Å². The highest BCUT2D eigenvalue weighted by molar-refractivity contribution is 7.92. The average Bonchev–Trinajstić information content (AvgIpc) is 3.55. The number of hydrogen-bond acceptors (Lipinski definition) is 6. The lowest BCUT2D eigenvalue weighted by molar-refractivity contribution is -0.384. The summed E-state index contributed by atoms with van der Waals surface area (Å²) < 4.78 is 28.3. The molecule has 0 amide bonds. The Bertz CT molecular complexity index is 1110. The Balaban J connectivity index is 1.48. The molecule has 0 atom stereocenters. The zero-order chi connectivity index (χ0) is 22.9. The third-order valence-corrected chi connectivity index (χ3v) is 7.63. The molecule has 32 heavy (non-hydrogen) atoms. The number of benzene rings is 2. The van der Waals surface area contributed by atoms with Gasteiger partial charge in [-0.1, -0.05) is 17.7 Å². The molecule has 9 heteroatoms. The molecule has 1 aliphatic heterocycles. The van der Waals surface area contributed by atoms with Gasteiger partial charge in [0, 0.05) is 31.7 Å². The van der Waals surface area contributed by atoms with Gasteiger partial charge < -0.3 is 10.2 Å². The molecule has 2 aliphatic rings. The molecule has 4 rings (SSSR count). The fourth-order valence-electron chi connectivity index (χ4n) is 4.23. The van der Waals surface area contributed by atoms with Gasteiger partial charge in [0.25, 0.3) is 15.7 Å². The molecular formula is C23H30N4O4S. The molecule has 8 nitrogen and oxygen atoms in total. The van der Waals surface area contributed by atoms with Crippen molar-refractivity contribution in [1.29, 1.82) is 0 Å². The lowest BCUT2D eigenvalue weighted by atomic mass is 10.0. The fraction of sp³-hybridized carbons (Fsp3) is 0.478. The van der Waals surface area contributed by atoms with Crippen molar-refractivity contribution in [1.82, 2.24) is 4.90 Å². The highest BCUT2D eigenvalue weighted by Crippen LogP contribution is 2.33. The van der Waals surface area contributed by atoms with Crippen molar-refractivity contribution in [3.63, 3.8) is 0 Å². The highest BCUT2D eigenvalue weighted by atomic mass is 32.2. The van der Waals surface area contributed by atoms with Gasteiger partial charge in [0.05, 0.1) is 15.5 Å². The van der Waals surface area contributed by atoms with E-state index in [0.717, 1.165) is 55.6 Å². The number of anilines is 2. The monoisotopic (exact) mass is 458 g/mol. The van der Waals surface area contributed by atoms with E-state index >= 15 is 0 Å². The van der Waals surface area contributed by atoms with Gasteiger partial charge in [-0.05, 0) is 69.2 Å². The predicted octanol–water partition coefficient (Wildman–Crippen LogP) is 4.30. The summed E-state index contributed by atoms with van der Waals surface area (Å²) in [6.07, 6.45) is 4.49. The fourth-order valence-corrected chi connectivity index (χ4v) is 5.38. The molecular weight excluding hydrogens is 428 g/mol. The maximum absolute atomic E-state index is 12.9. The van der Waals surface area contributed by atoms with E-state index in [1.165, 1.54) is 25.0 Å². The van der Waals surface area contributed by atoms with Crippen LogP contribution in [0.3, 0.4) is 0 Å². The van der Waals surface area contributed by atoms with Crippen LogP contribution in [0.2, 0.25) is 0 Å². The number of nitrogens with zero attached hydrogens (tertiary/aromatic N) is 2. The summed E-state index contributed by atoms with van der Waals surface area (Å²) in [6, 6.07) is 9.59. The van der Waals surface area contributed by atoms with Crippen LogP contribution < -0.4 is 10.0 Å². The van der Waals surface area contributed by atoms with E-state index in [9.17, 15) is 18.5 Å². The maximum atomic E-state index is 12.9. The van der Waals surface area contributed by atoms with Gasteiger partial charge in [-0.25, -0.2) is 8.42 Å². The van der Waals surface area contributed by atoms with Gasteiger partial charge in [-0.15, -0.1) is 0 Å². The smallest absolute Gasteiger partial charge is 0.293 e. The highest BCUT2D eigenvalue weighted by Gasteiger charge is 2.28. The zero-order valence-electron chi connectivity index (χ0n) is 18.5. The van der Waals surface area contributed by atoms with Gasteiger partial charge in [-0.2, -0.15) is 0 Å². The quantitative estimate of drug-likeness (QED) is 0.451. The molecule has 172 valence electrons. The number of nitro benzene ring substituents is 1. The van der Waals surface area contributed by atoms with Gasteiger partial charge in [-0.3, -0.25) is 14.8 Å². The zero-order valence-corrected chi connectivity index (χ0v) is 19.3. The summed E-state index contributed by atoms with van der Waals surface area (Å²) in [7, 11) is -3.96. The Hall–Kier alpha value is -2.65. The first kappa shape index (κ1) is 22.5. The number of nitrogens with one attached hydrogen (secondary N) is 2. The van der Waals surface area contributed by atoms with Gasteiger partial charge in [0.2, 0.25) is 0 Å². The number of likely N-dealkylation sites (tertiary alicyclic amines) is 1. The average molecular weight is 459 g/mol. The number of aryl methyl sites for hydroxylation is 2. The Labute approximate surface area is 189 Å². The first-order chi connectivity index (χ1) is 15.2. The van der Waals surface area contributed by atoms with E-state index in [4.69, 9.17) is 0 Å². The molecule has 0 spiro atoms. The Kier molecular flexibility index (Phi) is 6.39. The molecule has 1 heterocycles. The van der Waals surface area contributed by atoms with Crippen LogP contribution in [-0.4, -0.2) is 43.9 Å². The molecule has 0 aromatic heterocycles. The summed E-state index contributed by atoms with van der Waals surface area (Å²) in [5.74, 6) is 0.854. The Morgan fingerprint density at radius 2 is 1.72 bits per heavy atom. The van der Waals surface area contributed by atoms with Crippen LogP contribution in [-0.2, 0) is 10.0 Å². The van der Waals surface area contributed by atoms with E-state index in [-0.39, 0.29) is 16.6 Å². The first-order valence-corrected chi connectivity index (χ1v) is 12.6. The number of hydrogen-bond donors (Lipinski definition) is 2. The van der Waals surface area contributed by atoms with Crippen LogP contribution in [0.5, 0.6) is 0 Å². The van der Waals surface area contributed by atoms with Crippen molar-refractivity contribution < 1.29 is 13.3 Å². The van der Waals surface area contributed by atoms with Crippen LogP contribution >= 0.6 is 0 Å². The Morgan fingerprint density at radius 3 is 2.34 bits per heavy atom. The largest absolute Gasteiger partial charge is 0.377 e. The summed E-state index contributed by atoms with van der Waals surface area (Å²) in [6.45, 7) is 6.86. The maximum Gasteiger partial charge on any atom is 0.293 e. The van der Waals surface area contributed by atoms with E-state index in [1.807, 2.05) is 26.0 Å². The summed E-state index contributed by atoms with van der Waals surface area (Å²) in [5, 5.41) is 15.0. The van der Waals surface area contributed by atoms with Gasteiger partial charge in [0.1, 0.15) is 5.69 Å². The molecule has 1 saturated carbocycles. The summed E-state index contributed by atoms with van der Waals surface area (Å²) in [5.41, 5.74) is 2.40. The van der Waals surface area contributed by atoms with Crippen LogP contribution in [0.25, 0.3) is 0 Å². The molecule has 1 aliphatic carbocycles. The third kappa shape index (κ3) is 5.39. The van der Waals surface area contributed by atoms with Crippen molar-refractivity contribution in [3.8, 4) is 0 Å². The second-order valence-electron chi connectivity index (χ2n) is 9.02. The van der Waals surface area contributed by atoms with Crippen molar-refractivity contribution in [2.75, 3.05) is 29.7 Å². The molecule has 2 fully saturated rings. The third-order valence-electron chi connectivity index (χ3n) is 6.26. The number of sulfonamides is 1. The standard InChI is InChI=1S/C23H30N4O4S/c1-16-3-7-21(17(2)13-16)25-32(30,31)20-6-8-22(23(14-20)27(28)29)24-19-9-11-26(12-10-19)15-18-4-5-18/h3,6-8,13-14,18-19,24-25H,4-5,9-12,15H2,1-2H3. The van der Waals surface area contributed by atoms with Crippen LogP contribution in [0.15, 0.2) is 41.3 Å². The van der Waals surface area contributed by atoms with Gasteiger partial charge >= 0.3 is 0 Å². The molecule has 2 N–H and O–H groups in total. The minimum absolute atomic E-state index is 0.131. The number of nitro groups is 1. The second kappa shape index (κ2) is 9.07. The van der Waals surface area contributed by atoms with Crippen LogP contribution in [0, 0.1) is 29.9 Å². The van der Waals surface area contributed by atoms with E-state index in [2.05, 4.69) is 14.9 Å². The summed E-state index contributed by atoms with van der Waals surface area (Å²) >= 11 is 0. The van der Waals surface area contributed by atoms with Crippen LogP contribution in [0.4, 0.5) is 17.1 Å². The lowest BCUT2D eigenvalue weighted by Gasteiger charge is -2.32. The minimum Gasteiger partial charge on any atom is -0.377 e. The number of rotatable bonds is 8. The molecule has 0 bridgehead atoms. The van der Waals surface area contributed by atoms with Crippen molar-refractivity contribution in [2.24, 2.45) is 5.92 Å². The molecule has 0 radical (unpaired) electrons. The first-order valence-electron chi connectivity index (χ1n) is 11.1. The summed E-state index contributed by atoms with van der Waals surface area (Å²) in [4.78, 5) is 13.5. The molecule has 2 aromatic carbocycles. The van der Waals surface area contributed by atoms with Crippen molar-refractivity contribution >= 4 is 27.1 Å². The minimum atomic E-state index is -3.96. The van der Waals surface area contributed by atoms with E-state index in [1.54, 1.807) is 6.07 Å². The van der Waals surface area contributed by atoms with Crippen molar-refractivity contribution in [2.45, 2.75) is 50.5 Å². The SMILES string of the molecule is Cc1ccc(NS(=O)(=O)c2ccc(NC3CCN(CC4CC4)CC3)c([N+](=O)[O-])c2)c(C)c1. The van der Waals surface area contributed by atoms with Crippen molar-refractivity contribution in [3.05, 3.63) is 57.6 Å². The molecule has 2 aromatic rings. The normalized spacial score (nSPS) is 17.8. The molecule has 0 unspecified atom stereocenters. The number of piperidine rings is 1. The topological polar surface area (TPSA) is 105 Å².